The summed E-state index contributed by atoms with van der Waals surface area (Å²) in [7, 11) is 3.82. The van der Waals surface area contributed by atoms with Gasteiger partial charge in [-0.1, -0.05) is 19.1 Å². The summed E-state index contributed by atoms with van der Waals surface area (Å²) in [6.07, 6.45) is 0. The minimum absolute atomic E-state index is 0.407. The van der Waals surface area contributed by atoms with Crippen LogP contribution >= 0.6 is 0 Å². The Morgan fingerprint density at radius 2 is 2.06 bits per heavy atom. The van der Waals surface area contributed by atoms with E-state index < -0.39 is 11.6 Å². The summed E-state index contributed by atoms with van der Waals surface area (Å²) in [6, 6.07) is 4.30. The molecule has 4 heteroatoms. The molecule has 0 aliphatic rings. The van der Waals surface area contributed by atoms with Gasteiger partial charge in [0.05, 0.1) is 0 Å². The Balaban J connectivity index is 2.56. The van der Waals surface area contributed by atoms with E-state index in [1.807, 2.05) is 19.0 Å². The molecular formula is C13H20F2N2. The molecule has 96 valence electrons. The van der Waals surface area contributed by atoms with Crippen molar-refractivity contribution in [3.8, 4) is 0 Å². The third-order valence-electron chi connectivity index (χ3n) is 2.65. The lowest BCUT2D eigenvalue weighted by Gasteiger charge is -2.21. The van der Waals surface area contributed by atoms with Gasteiger partial charge in [-0.2, -0.15) is 0 Å². The van der Waals surface area contributed by atoms with Crippen LogP contribution in [0.25, 0.3) is 0 Å². The zero-order valence-electron chi connectivity index (χ0n) is 10.6. The Labute approximate surface area is 102 Å². The van der Waals surface area contributed by atoms with Gasteiger partial charge in [0, 0.05) is 18.7 Å². The van der Waals surface area contributed by atoms with Crippen LogP contribution in [0.4, 0.5) is 8.78 Å². The van der Waals surface area contributed by atoms with Gasteiger partial charge >= 0.3 is 0 Å². The molecule has 0 bridgehead atoms. The molecule has 0 heterocycles. The molecule has 0 saturated carbocycles. The van der Waals surface area contributed by atoms with Gasteiger partial charge in [-0.05, 0) is 32.6 Å². The number of hydrogen-bond acceptors (Lipinski definition) is 2. The fraction of sp³-hybridized carbons (Fsp3) is 0.538. The van der Waals surface area contributed by atoms with Gasteiger partial charge in [-0.15, -0.1) is 0 Å². The summed E-state index contributed by atoms with van der Waals surface area (Å²) < 4.78 is 26.4. The fourth-order valence-electron chi connectivity index (χ4n) is 1.97. The zero-order valence-corrected chi connectivity index (χ0v) is 10.6. The maximum atomic E-state index is 13.4. The van der Waals surface area contributed by atoms with E-state index in [0.29, 0.717) is 18.0 Å². The Morgan fingerprint density at radius 1 is 1.35 bits per heavy atom. The molecule has 0 amide bonds. The fourth-order valence-corrected chi connectivity index (χ4v) is 1.97. The van der Waals surface area contributed by atoms with Crippen LogP contribution in [0.3, 0.4) is 0 Å². The van der Waals surface area contributed by atoms with Crippen molar-refractivity contribution in [3.05, 3.63) is 35.4 Å². The SMILES string of the molecule is CNCC(C)CN(C)Cc1cccc(F)c1F. The van der Waals surface area contributed by atoms with Gasteiger partial charge in [0.15, 0.2) is 11.6 Å². The van der Waals surface area contributed by atoms with Crippen LogP contribution in [0.2, 0.25) is 0 Å². The maximum absolute atomic E-state index is 13.4. The maximum Gasteiger partial charge on any atom is 0.163 e. The van der Waals surface area contributed by atoms with Crippen molar-refractivity contribution in [2.45, 2.75) is 13.5 Å². The van der Waals surface area contributed by atoms with Crippen LogP contribution in [0.5, 0.6) is 0 Å². The van der Waals surface area contributed by atoms with E-state index in [1.54, 1.807) is 12.1 Å². The van der Waals surface area contributed by atoms with Crippen molar-refractivity contribution in [2.24, 2.45) is 5.92 Å². The van der Waals surface area contributed by atoms with Gasteiger partial charge in [0.1, 0.15) is 0 Å². The third kappa shape index (κ3) is 4.40. The predicted molar refractivity (Wildman–Crippen MR) is 65.8 cm³/mol. The summed E-state index contributed by atoms with van der Waals surface area (Å²) in [6.45, 7) is 4.30. The summed E-state index contributed by atoms with van der Waals surface area (Å²) >= 11 is 0. The van der Waals surface area contributed by atoms with Crippen molar-refractivity contribution < 1.29 is 8.78 Å². The van der Waals surface area contributed by atoms with E-state index in [0.717, 1.165) is 19.2 Å². The number of nitrogens with one attached hydrogen (secondary N) is 1. The largest absolute Gasteiger partial charge is 0.319 e. The van der Waals surface area contributed by atoms with Crippen LogP contribution in [-0.2, 0) is 6.54 Å². The summed E-state index contributed by atoms with van der Waals surface area (Å²) in [4.78, 5) is 2.00. The first-order valence-electron chi connectivity index (χ1n) is 5.80. The first-order valence-corrected chi connectivity index (χ1v) is 5.80. The van der Waals surface area contributed by atoms with E-state index in [9.17, 15) is 8.78 Å². The first kappa shape index (κ1) is 14.1. The van der Waals surface area contributed by atoms with Gasteiger partial charge in [-0.3, -0.25) is 0 Å². The quantitative estimate of drug-likeness (QED) is 0.823. The van der Waals surface area contributed by atoms with Crippen molar-refractivity contribution in [2.75, 3.05) is 27.2 Å². The molecule has 0 aromatic heterocycles. The molecule has 0 aliphatic heterocycles. The molecule has 0 radical (unpaired) electrons. The van der Waals surface area contributed by atoms with Gasteiger partial charge < -0.3 is 10.2 Å². The highest BCUT2D eigenvalue weighted by atomic mass is 19.2. The molecule has 1 aromatic rings. The average molecular weight is 242 g/mol. The standard InChI is InChI=1S/C13H20F2N2/c1-10(7-16-2)8-17(3)9-11-5-4-6-12(14)13(11)15/h4-6,10,16H,7-9H2,1-3H3. The summed E-state index contributed by atoms with van der Waals surface area (Å²) in [5, 5.41) is 3.10. The van der Waals surface area contributed by atoms with E-state index in [-0.39, 0.29) is 0 Å². The monoisotopic (exact) mass is 242 g/mol. The number of benzene rings is 1. The lowest BCUT2D eigenvalue weighted by molar-refractivity contribution is 0.271. The number of rotatable bonds is 6. The second-order valence-corrected chi connectivity index (χ2v) is 4.57. The Hall–Kier alpha value is -1.00. The van der Waals surface area contributed by atoms with E-state index in [4.69, 9.17) is 0 Å². The molecule has 1 N–H and O–H groups in total. The number of halogens is 2. The molecule has 0 saturated heterocycles. The second-order valence-electron chi connectivity index (χ2n) is 4.57. The summed E-state index contributed by atoms with van der Waals surface area (Å²) in [5.74, 6) is -1.04. The Morgan fingerprint density at radius 3 is 2.71 bits per heavy atom. The molecule has 0 aliphatic carbocycles. The molecular weight excluding hydrogens is 222 g/mol. The molecule has 2 nitrogen and oxygen atoms in total. The lowest BCUT2D eigenvalue weighted by atomic mass is 10.1. The lowest BCUT2D eigenvalue weighted by Crippen LogP contribution is -2.29. The van der Waals surface area contributed by atoms with Gasteiger partial charge in [0.2, 0.25) is 0 Å². The topological polar surface area (TPSA) is 15.3 Å². The van der Waals surface area contributed by atoms with Crippen LogP contribution in [0.15, 0.2) is 18.2 Å². The number of hydrogen-bond donors (Lipinski definition) is 1. The van der Waals surface area contributed by atoms with Crippen LogP contribution in [-0.4, -0.2) is 32.1 Å². The molecule has 17 heavy (non-hydrogen) atoms. The van der Waals surface area contributed by atoms with Crippen molar-refractivity contribution in [1.82, 2.24) is 10.2 Å². The number of nitrogens with zero attached hydrogens (tertiary/aromatic N) is 1. The normalized spacial score (nSPS) is 13.1. The van der Waals surface area contributed by atoms with Crippen molar-refractivity contribution in [1.29, 1.82) is 0 Å². The summed E-state index contributed by atoms with van der Waals surface area (Å²) in [5.41, 5.74) is 0.407. The van der Waals surface area contributed by atoms with Gasteiger partial charge in [0.25, 0.3) is 0 Å². The Bertz CT molecular complexity index is 355. The highest BCUT2D eigenvalue weighted by Gasteiger charge is 2.11. The molecule has 1 aromatic carbocycles. The highest BCUT2D eigenvalue weighted by Crippen LogP contribution is 2.13. The van der Waals surface area contributed by atoms with Crippen LogP contribution in [0, 0.1) is 17.6 Å². The first-order chi connectivity index (χ1) is 8.04. The van der Waals surface area contributed by atoms with Crippen molar-refractivity contribution in [3.63, 3.8) is 0 Å². The van der Waals surface area contributed by atoms with Crippen LogP contribution in [0.1, 0.15) is 12.5 Å². The minimum atomic E-state index is -0.779. The second kappa shape index (κ2) is 6.67. The minimum Gasteiger partial charge on any atom is -0.319 e. The average Bonchev–Trinajstić information content (AvgIpc) is 2.25. The molecule has 0 fully saturated rings. The highest BCUT2D eigenvalue weighted by molar-refractivity contribution is 5.18. The van der Waals surface area contributed by atoms with E-state index >= 15 is 0 Å². The van der Waals surface area contributed by atoms with Crippen LogP contribution < -0.4 is 5.32 Å². The molecule has 1 rings (SSSR count). The van der Waals surface area contributed by atoms with Crippen molar-refractivity contribution >= 4 is 0 Å². The molecule has 0 spiro atoms. The Kier molecular flexibility index (Phi) is 5.51. The predicted octanol–water partition coefficient (Wildman–Crippen LogP) is 2.25. The third-order valence-corrected chi connectivity index (χ3v) is 2.65. The molecule has 1 unspecified atom stereocenters. The van der Waals surface area contributed by atoms with E-state index in [2.05, 4.69) is 12.2 Å². The smallest absolute Gasteiger partial charge is 0.163 e. The van der Waals surface area contributed by atoms with E-state index in [1.165, 1.54) is 0 Å². The van der Waals surface area contributed by atoms with Gasteiger partial charge in [-0.25, -0.2) is 8.78 Å². The molecule has 1 atom stereocenters. The zero-order chi connectivity index (χ0) is 12.8.